The Morgan fingerprint density at radius 2 is 1.78 bits per heavy atom. The number of benzene rings is 2. The van der Waals surface area contributed by atoms with E-state index in [1.807, 2.05) is 49.4 Å². The van der Waals surface area contributed by atoms with Crippen LogP contribution in [0.25, 0.3) is 0 Å². The standard InChI is InChI=1S/C33H33N3O7S2/c1-14(2)26(32(40)41)36-30(38)24-19-12-20(25(24)31(36)39)27-23(19)22(28-29(44-27)35-33(42)45-28)16-5-4-6-18(11-16)43-13-21(37)34-17-9-7-15(3)8-10-17/h4-11,14,19-20,22-27H,12-13H2,1-3H3,(H,34,37)(H,35,42)(H,40,41)/t19?,20?,22-,23?,24?,25?,26?,27?/m1/s1. The molecule has 12 heteroatoms. The minimum atomic E-state index is -1.20. The lowest BCUT2D eigenvalue weighted by Gasteiger charge is -2.43. The van der Waals surface area contributed by atoms with Crippen LogP contribution >= 0.6 is 23.1 Å². The van der Waals surface area contributed by atoms with Gasteiger partial charge in [-0.1, -0.05) is 55.0 Å². The van der Waals surface area contributed by atoms with Crippen molar-refractivity contribution in [2.75, 3.05) is 11.9 Å². The van der Waals surface area contributed by atoms with Crippen molar-refractivity contribution in [2.24, 2.45) is 35.5 Å². The predicted molar refractivity (Wildman–Crippen MR) is 168 cm³/mol. The van der Waals surface area contributed by atoms with Crippen LogP contribution in [0.2, 0.25) is 0 Å². The van der Waals surface area contributed by atoms with Gasteiger partial charge in [0.15, 0.2) is 6.61 Å². The molecule has 2 aliphatic heterocycles. The molecule has 3 amide bonds. The summed E-state index contributed by atoms with van der Waals surface area (Å²) in [6, 6.07) is 13.8. The molecule has 4 aliphatic rings. The van der Waals surface area contributed by atoms with Gasteiger partial charge in [-0.3, -0.25) is 24.1 Å². The van der Waals surface area contributed by atoms with Crippen LogP contribution in [0.15, 0.2) is 58.4 Å². The Kier molecular flexibility index (Phi) is 7.39. The van der Waals surface area contributed by atoms with Crippen LogP contribution in [0.5, 0.6) is 5.75 Å². The number of aromatic nitrogens is 1. The van der Waals surface area contributed by atoms with E-state index in [1.165, 1.54) is 0 Å². The Bertz CT molecular complexity index is 1770. The zero-order valence-corrected chi connectivity index (χ0v) is 26.5. The Morgan fingerprint density at radius 1 is 1.07 bits per heavy atom. The van der Waals surface area contributed by atoms with Gasteiger partial charge in [0.05, 0.1) is 16.9 Å². The number of hydrogen-bond acceptors (Lipinski definition) is 8. The third-order valence-corrected chi connectivity index (χ3v) is 12.4. The number of aliphatic carboxylic acids is 1. The number of likely N-dealkylation sites (tertiary alicyclic amines) is 1. The lowest BCUT2D eigenvalue weighted by atomic mass is 9.68. The van der Waals surface area contributed by atoms with Crippen molar-refractivity contribution in [3.05, 3.63) is 74.2 Å². The summed E-state index contributed by atoms with van der Waals surface area (Å²) in [5.41, 5.74) is 2.67. The van der Waals surface area contributed by atoms with Crippen molar-refractivity contribution in [2.45, 2.75) is 49.4 Å². The average molecular weight is 648 g/mol. The Hall–Kier alpha value is -3.90. The molecule has 7 unspecified atom stereocenters. The lowest BCUT2D eigenvalue weighted by Crippen LogP contribution is -2.49. The Morgan fingerprint density at radius 3 is 2.47 bits per heavy atom. The Labute approximate surface area is 267 Å². The van der Waals surface area contributed by atoms with Crippen molar-refractivity contribution < 1.29 is 29.0 Å². The van der Waals surface area contributed by atoms with Gasteiger partial charge in [-0.2, -0.15) is 0 Å². The molecule has 1 saturated heterocycles. The highest BCUT2D eigenvalue weighted by atomic mass is 32.2. The summed E-state index contributed by atoms with van der Waals surface area (Å²) in [4.78, 5) is 69.7. The van der Waals surface area contributed by atoms with Crippen LogP contribution in [0.3, 0.4) is 0 Å². The van der Waals surface area contributed by atoms with Gasteiger partial charge in [0.2, 0.25) is 11.8 Å². The first-order valence-electron chi connectivity index (χ1n) is 15.1. The first-order valence-corrected chi connectivity index (χ1v) is 16.8. The molecule has 3 aromatic rings. The molecule has 1 aromatic heterocycles. The number of amides is 3. The minimum absolute atomic E-state index is 0.0251. The van der Waals surface area contributed by atoms with Gasteiger partial charge in [0.1, 0.15) is 11.8 Å². The van der Waals surface area contributed by atoms with E-state index in [0.29, 0.717) is 17.9 Å². The zero-order chi connectivity index (χ0) is 31.7. The number of hydrogen-bond donors (Lipinski definition) is 3. The highest BCUT2D eigenvalue weighted by Gasteiger charge is 2.70. The normalized spacial score (nSPS) is 28.5. The van der Waals surface area contributed by atoms with E-state index < -0.39 is 29.8 Å². The number of thioether (sulfide) groups is 1. The topological polar surface area (TPSA) is 146 Å². The zero-order valence-electron chi connectivity index (χ0n) is 24.9. The number of fused-ring (bicyclic) bond motifs is 9. The summed E-state index contributed by atoms with van der Waals surface area (Å²) in [6.07, 6.45) is 0.702. The molecule has 8 atom stereocenters. The summed E-state index contributed by atoms with van der Waals surface area (Å²) in [6.45, 7) is 5.21. The highest BCUT2D eigenvalue weighted by molar-refractivity contribution is 8.00. The summed E-state index contributed by atoms with van der Waals surface area (Å²) in [7, 11) is 0. The fourth-order valence-corrected chi connectivity index (χ4v) is 11.1. The lowest BCUT2D eigenvalue weighted by molar-refractivity contribution is -0.157. The number of ether oxygens (including phenoxy) is 1. The number of carboxylic acids is 1. The molecular weight excluding hydrogens is 615 g/mol. The molecule has 2 aliphatic carbocycles. The number of carboxylic acid groups (broad SMARTS) is 1. The summed E-state index contributed by atoms with van der Waals surface area (Å²) in [5, 5.41) is 13.5. The summed E-state index contributed by atoms with van der Waals surface area (Å²) in [5.74, 6) is -3.78. The van der Waals surface area contributed by atoms with Crippen LogP contribution in [-0.2, 0) is 19.2 Å². The first-order chi connectivity index (χ1) is 21.5. The monoisotopic (exact) mass is 647 g/mol. The molecule has 2 saturated carbocycles. The summed E-state index contributed by atoms with van der Waals surface area (Å²) >= 11 is 2.74. The van der Waals surface area contributed by atoms with Crippen LogP contribution in [-0.4, -0.2) is 56.6 Å². The number of thiazole rings is 1. The number of carbonyl (C=O) groups is 4. The third kappa shape index (κ3) is 4.89. The number of anilines is 1. The molecule has 3 heterocycles. The van der Waals surface area contributed by atoms with Gasteiger partial charge in [-0.25, -0.2) is 4.79 Å². The van der Waals surface area contributed by atoms with Crippen molar-refractivity contribution in [3.63, 3.8) is 0 Å². The van der Waals surface area contributed by atoms with Gasteiger partial charge >= 0.3 is 10.8 Å². The molecule has 7 rings (SSSR count). The van der Waals surface area contributed by atoms with E-state index in [1.54, 1.807) is 31.7 Å². The smallest absolute Gasteiger partial charge is 0.327 e. The quantitative estimate of drug-likeness (QED) is 0.306. The molecule has 234 valence electrons. The molecule has 2 aromatic carbocycles. The van der Waals surface area contributed by atoms with Crippen molar-refractivity contribution in [1.29, 1.82) is 0 Å². The van der Waals surface area contributed by atoms with Gasteiger partial charge in [-0.15, -0.1) is 11.8 Å². The number of nitrogens with one attached hydrogen (secondary N) is 2. The maximum absolute atomic E-state index is 13.9. The van der Waals surface area contributed by atoms with E-state index in [2.05, 4.69) is 10.3 Å². The number of aryl methyl sites for hydroxylation is 1. The van der Waals surface area contributed by atoms with Crippen LogP contribution in [0.4, 0.5) is 5.69 Å². The number of carbonyl (C=O) groups excluding carboxylic acids is 3. The van der Waals surface area contributed by atoms with E-state index in [-0.39, 0.29) is 58.1 Å². The molecule has 45 heavy (non-hydrogen) atoms. The fourth-order valence-electron chi connectivity index (χ4n) is 8.16. The molecular formula is C33H33N3O7S2. The number of aromatic amines is 1. The second kappa shape index (κ2) is 11.2. The van der Waals surface area contributed by atoms with E-state index in [4.69, 9.17) is 4.74 Å². The predicted octanol–water partition coefficient (Wildman–Crippen LogP) is 4.34. The number of nitrogens with zero attached hydrogens (tertiary/aromatic N) is 1. The fraction of sp³-hybridized carbons (Fsp3) is 0.424. The minimum Gasteiger partial charge on any atom is -0.484 e. The second-order valence-corrected chi connectivity index (χ2v) is 15.0. The second-order valence-electron chi connectivity index (χ2n) is 12.8. The molecule has 3 N–H and O–H groups in total. The molecule has 10 nitrogen and oxygen atoms in total. The van der Waals surface area contributed by atoms with Crippen molar-refractivity contribution in [3.8, 4) is 5.75 Å². The maximum atomic E-state index is 13.9. The first kappa shape index (κ1) is 29.8. The molecule has 2 bridgehead atoms. The van der Waals surface area contributed by atoms with Gasteiger partial charge < -0.3 is 20.1 Å². The van der Waals surface area contributed by atoms with Crippen LogP contribution < -0.4 is 14.9 Å². The number of H-pyrrole nitrogens is 1. The van der Waals surface area contributed by atoms with Gasteiger partial charge in [0, 0.05) is 21.7 Å². The average Bonchev–Trinajstić information content (AvgIpc) is 3.73. The van der Waals surface area contributed by atoms with Gasteiger partial charge in [0.25, 0.3) is 5.91 Å². The Balaban J connectivity index is 1.18. The third-order valence-electron chi connectivity index (χ3n) is 9.84. The van der Waals surface area contributed by atoms with E-state index in [0.717, 1.165) is 37.3 Å². The highest BCUT2D eigenvalue weighted by Crippen LogP contribution is 2.68. The van der Waals surface area contributed by atoms with Crippen molar-refractivity contribution in [1.82, 2.24) is 9.88 Å². The van der Waals surface area contributed by atoms with Crippen LogP contribution in [0, 0.1) is 42.4 Å². The number of rotatable bonds is 8. The SMILES string of the molecule is Cc1ccc(NC(=O)COc2cccc([C@H]3c4sc(=O)[nH]c4SC4C5CC(C6C(=O)N(C(C(=O)O)C(C)C)C(=O)C56)C43)c2)cc1. The van der Waals surface area contributed by atoms with Crippen molar-refractivity contribution >= 4 is 52.5 Å². The van der Waals surface area contributed by atoms with Gasteiger partial charge in [-0.05, 0) is 66.8 Å². The molecule has 0 radical (unpaired) electrons. The van der Waals surface area contributed by atoms with Crippen LogP contribution in [0.1, 0.15) is 42.2 Å². The summed E-state index contributed by atoms with van der Waals surface area (Å²) < 4.78 is 5.90. The number of imide groups is 1. The molecule has 0 spiro atoms. The maximum Gasteiger partial charge on any atom is 0.327 e. The van der Waals surface area contributed by atoms with E-state index in [9.17, 15) is 29.1 Å². The van der Waals surface area contributed by atoms with E-state index >= 15 is 0 Å². The molecule has 3 fully saturated rings. The largest absolute Gasteiger partial charge is 0.484 e.